The quantitative estimate of drug-likeness (QED) is 0.836. The van der Waals surface area contributed by atoms with Crippen molar-refractivity contribution in [3.05, 3.63) is 25.8 Å². The first-order chi connectivity index (χ1) is 6.00. The van der Waals surface area contributed by atoms with Gasteiger partial charge in [-0.3, -0.25) is 4.79 Å². The fraction of sp³-hybridized carbons (Fsp3) is 0.333. The summed E-state index contributed by atoms with van der Waals surface area (Å²) in [5.74, 6) is 0. The summed E-state index contributed by atoms with van der Waals surface area (Å²) in [6.45, 7) is -0.626. The lowest BCUT2D eigenvalue weighted by Crippen LogP contribution is -2.24. The van der Waals surface area contributed by atoms with Gasteiger partial charge in [0.05, 0.1) is 6.54 Å². The van der Waals surface area contributed by atoms with Gasteiger partial charge in [0.25, 0.3) is 12.0 Å². The van der Waals surface area contributed by atoms with Crippen molar-refractivity contribution < 1.29 is 8.78 Å². The van der Waals surface area contributed by atoms with Gasteiger partial charge in [-0.25, -0.2) is 13.8 Å². The molecule has 1 rings (SSSR count). The topological polar surface area (TPSA) is 34.9 Å². The minimum atomic E-state index is -2.56. The third kappa shape index (κ3) is 2.84. The van der Waals surface area contributed by atoms with E-state index >= 15 is 0 Å². The van der Waals surface area contributed by atoms with E-state index in [9.17, 15) is 13.6 Å². The molecule has 0 bridgehead atoms. The summed E-state index contributed by atoms with van der Waals surface area (Å²) in [6.07, 6.45) is -1.34. The van der Waals surface area contributed by atoms with Crippen LogP contribution in [0, 0.1) is 0 Å². The molecule has 1 heterocycles. The number of nitrogens with zero attached hydrogens (tertiary/aromatic N) is 2. The van der Waals surface area contributed by atoms with Gasteiger partial charge < -0.3 is 4.57 Å². The van der Waals surface area contributed by atoms with Crippen LogP contribution in [0.3, 0.4) is 0 Å². The van der Waals surface area contributed by atoms with Crippen LogP contribution < -0.4 is 5.56 Å². The molecule has 0 unspecified atom stereocenters. The molecule has 0 aliphatic rings. The van der Waals surface area contributed by atoms with Gasteiger partial charge in [-0.1, -0.05) is 0 Å². The van der Waals surface area contributed by atoms with Gasteiger partial charge >= 0.3 is 0 Å². The van der Waals surface area contributed by atoms with E-state index in [1.807, 2.05) is 0 Å². The van der Waals surface area contributed by atoms with Crippen molar-refractivity contribution in [2.24, 2.45) is 0 Å². The first-order valence-corrected chi connectivity index (χ1v) is 4.80. The van der Waals surface area contributed by atoms with Crippen molar-refractivity contribution in [3.8, 4) is 0 Å². The lowest BCUT2D eigenvalue weighted by Gasteiger charge is -2.04. The number of aromatic nitrogens is 2. The lowest BCUT2D eigenvalue weighted by molar-refractivity contribution is 0.125. The Balaban J connectivity index is 3.13. The molecule has 0 aliphatic heterocycles. The van der Waals surface area contributed by atoms with Gasteiger partial charge in [0.2, 0.25) is 0 Å². The van der Waals surface area contributed by atoms with Crippen LogP contribution in [0.15, 0.2) is 20.2 Å². The largest absolute Gasteiger partial charge is 0.305 e. The number of hydrogen-bond acceptors (Lipinski definition) is 2. The van der Waals surface area contributed by atoms with Crippen molar-refractivity contribution >= 4 is 31.9 Å². The van der Waals surface area contributed by atoms with Crippen LogP contribution in [0.1, 0.15) is 0 Å². The standard InChI is InChI=1S/C6H4Br2F2N2O/c7-3-1-12(2-4(9)10)6(13)5(8)11-3/h1,4H,2H2. The summed E-state index contributed by atoms with van der Waals surface area (Å²) in [6, 6.07) is 0. The second-order valence-corrected chi connectivity index (χ2v) is 3.77. The maximum Gasteiger partial charge on any atom is 0.283 e. The van der Waals surface area contributed by atoms with Crippen LogP contribution in [0.2, 0.25) is 0 Å². The molecule has 0 spiro atoms. The fourth-order valence-electron chi connectivity index (χ4n) is 0.760. The van der Waals surface area contributed by atoms with E-state index in [-0.39, 0.29) is 4.60 Å². The summed E-state index contributed by atoms with van der Waals surface area (Å²) in [5, 5.41) is 0. The molecule has 7 heteroatoms. The Morgan fingerprint density at radius 3 is 2.69 bits per heavy atom. The highest BCUT2D eigenvalue weighted by molar-refractivity contribution is 9.11. The van der Waals surface area contributed by atoms with Gasteiger partial charge in [0, 0.05) is 6.20 Å². The fourth-order valence-corrected chi connectivity index (χ4v) is 1.84. The maximum atomic E-state index is 12.0. The molecular weight excluding hydrogens is 314 g/mol. The average Bonchev–Trinajstić information content (AvgIpc) is 1.98. The maximum absolute atomic E-state index is 12.0. The van der Waals surface area contributed by atoms with Crippen LogP contribution in [-0.2, 0) is 6.54 Å². The number of alkyl halides is 2. The Morgan fingerprint density at radius 2 is 2.15 bits per heavy atom. The lowest BCUT2D eigenvalue weighted by atomic mass is 10.6. The second-order valence-electron chi connectivity index (χ2n) is 2.20. The molecule has 1 aromatic heterocycles. The zero-order valence-corrected chi connectivity index (χ0v) is 9.35. The van der Waals surface area contributed by atoms with Crippen molar-refractivity contribution in [2.75, 3.05) is 0 Å². The number of halogens is 4. The van der Waals surface area contributed by atoms with E-state index in [2.05, 4.69) is 36.8 Å². The monoisotopic (exact) mass is 316 g/mol. The zero-order valence-electron chi connectivity index (χ0n) is 6.18. The molecule has 0 atom stereocenters. The van der Waals surface area contributed by atoms with E-state index < -0.39 is 18.5 Å². The predicted octanol–water partition coefficient (Wildman–Crippen LogP) is 2.03. The summed E-state index contributed by atoms with van der Waals surface area (Å²) in [4.78, 5) is 14.9. The van der Waals surface area contributed by atoms with E-state index in [1.54, 1.807) is 0 Å². The van der Waals surface area contributed by atoms with E-state index in [1.165, 1.54) is 6.20 Å². The highest BCUT2D eigenvalue weighted by Crippen LogP contribution is 2.08. The molecule has 13 heavy (non-hydrogen) atoms. The summed E-state index contributed by atoms with van der Waals surface area (Å²) >= 11 is 5.86. The van der Waals surface area contributed by atoms with Crippen LogP contribution >= 0.6 is 31.9 Å². The summed E-state index contributed by atoms with van der Waals surface area (Å²) < 4.78 is 25.2. The molecule has 0 saturated heterocycles. The molecule has 0 saturated carbocycles. The molecular formula is C6H4Br2F2N2O. The number of hydrogen-bond donors (Lipinski definition) is 0. The molecule has 0 aromatic carbocycles. The van der Waals surface area contributed by atoms with E-state index in [0.29, 0.717) is 4.60 Å². The van der Waals surface area contributed by atoms with E-state index in [4.69, 9.17) is 0 Å². The summed E-state index contributed by atoms with van der Waals surface area (Å²) in [7, 11) is 0. The van der Waals surface area contributed by atoms with Gasteiger partial charge in [-0.2, -0.15) is 0 Å². The molecule has 3 nitrogen and oxygen atoms in total. The molecule has 0 amide bonds. The van der Waals surface area contributed by atoms with Gasteiger partial charge in [-0.05, 0) is 31.9 Å². The van der Waals surface area contributed by atoms with Crippen molar-refractivity contribution in [3.63, 3.8) is 0 Å². The predicted molar refractivity (Wildman–Crippen MR) is 49.9 cm³/mol. The Kier molecular flexibility index (Phi) is 3.55. The zero-order chi connectivity index (χ0) is 10.0. The third-order valence-corrected chi connectivity index (χ3v) is 2.14. The average molecular weight is 318 g/mol. The SMILES string of the molecule is O=c1c(Br)nc(Br)cn1CC(F)F. The van der Waals surface area contributed by atoms with Gasteiger partial charge in [0.15, 0.2) is 4.60 Å². The van der Waals surface area contributed by atoms with Gasteiger partial charge in [-0.15, -0.1) is 0 Å². The normalized spacial score (nSPS) is 10.8. The second kappa shape index (κ2) is 4.28. The molecule has 72 valence electrons. The van der Waals surface area contributed by atoms with Crippen LogP contribution in [0.25, 0.3) is 0 Å². The first kappa shape index (κ1) is 10.8. The minimum absolute atomic E-state index is 0.0162. The van der Waals surface area contributed by atoms with Crippen LogP contribution in [0.4, 0.5) is 8.78 Å². The smallest absolute Gasteiger partial charge is 0.283 e. The highest BCUT2D eigenvalue weighted by Gasteiger charge is 2.09. The van der Waals surface area contributed by atoms with E-state index in [0.717, 1.165) is 4.57 Å². The molecule has 0 fully saturated rings. The highest BCUT2D eigenvalue weighted by atomic mass is 79.9. The van der Waals surface area contributed by atoms with Crippen LogP contribution in [-0.4, -0.2) is 16.0 Å². The summed E-state index contributed by atoms with van der Waals surface area (Å²) in [5.41, 5.74) is -0.566. The molecule has 0 radical (unpaired) electrons. The number of rotatable bonds is 2. The van der Waals surface area contributed by atoms with Crippen molar-refractivity contribution in [1.29, 1.82) is 0 Å². The van der Waals surface area contributed by atoms with Crippen molar-refractivity contribution in [2.45, 2.75) is 13.0 Å². The Labute approximate surface area is 89.0 Å². The van der Waals surface area contributed by atoms with Crippen molar-refractivity contribution in [1.82, 2.24) is 9.55 Å². The molecule has 1 aromatic rings. The Bertz CT molecular complexity index is 366. The Hall–Kier alpha value is -0.300. The first-order valence-electron chi connectivity index (χ1n) is 3.21. The van der Waals surface area contributed by atoms with Crippen LogP contribution in [0.5, 0.6) is 0 Å². The van der Waals surface area contributed by atoms with Gasteiger partial charge in [0.1, 0.15) is 4.60 Å². The molecule has 0 aliphatic carbocycles. The third-order valence-electron chi connectivity index (χ3n) is 1.24. The molecule has 0 N–H and O–H groups in total. The Morgan fingerprint density at radius 1 is 1.54 bits per heavy atom. The minimum Gasteiger partial charge on any atom is -0.305 e.